The van der Waals surface area contributed by atoms with E-state index in [2.05, 4.69) is 41.5 Å². The number of amides is 1. The van der Waals surface area contributed by atoms with Crippen LogP contribution in [0.2, 0.25) is 0 Å². The SMILES string of the molecule is CCN(CC)CC(O)CNC(=O)c1ccc2c(c1)N=C1C=CC3CNCC3=C12. The number of nitrogens with zero attached hydrogens (tertiary/aromatic N) is 2. The van der Waals surface area contributed by atoms with E-state index in [-0.39, 0.29) is 12.5 Å². The van der Waals surface area contributed by atoms with Crippen LogP contribution in [-0.4, -0.2) is 67.0 Å². The van der Waals surface area contributed by atoms with Gasteiger partial charge in [-0.2, -0.15) is 0 Å². The number of benzene rings is 1. The molecule has 2 aliphatic heterocycles. The second-order valence-corrected chi connectivity index (χ2v) is 7.58. The van der Waals surface area contributed by atoms with Gasteiger partial charge in [0.25, 0.3) is 5.91 Å². The van der Waals surface area contributed by atoms with E-state index in [1.165, 1.54) is 11.1 Å². The van der Waals surface area contributed by atoms with E-state index in [1.54, 1.807) is 0 Å². The molecule has 0 aromatic heterocycles. The molecule has 1 aliphatic carbocycles. The van der Waals surface area contributed by atoms with Crippen LogP contribution in [0.25, 0.3) is 5.57 Å². The van der Waals surface area contributed by atoms with Crippen molar-refractivity contribution in [1.29, 1.82) is 0 Å². The summed E-state index contributed by atoms with van der Waals surface area (Å²) in [5, 5.41) is 16.4. The van der Waals surface area contributed by atoms with E-state index in [4.69, 9.17) is 4.99 Å². The minimum atomic E-state index is -0.578. The van der Waals surface area contributed by atoms with Gasteiger partial charge in [-0.1, -0.05) is 26.0 Å². The van der Waals surface area contributed by atoms with Crippen LogP contribution < -0.4 is 10.6 Å². The highest BCUT2D eigenvalue weighted by atomic mass is 16.3. The fourth-order valence-electron chi connectivity index (χ4n) is 4.20. The van der Waals surface area contributed by atoms with Crippen LogP contribution >= 0.6 is 0 Å². The quantitative estimate of drug-likeness (QED) is 0.674. The van der Waals surface area contributed by atoms with Gasteiger partial charge < -0.3 is 20.6 Å². The molecule has 1 aromatic rings. The number of fused-ring (bicyclic) bond motifs is 4. The number of likely N-dealkylation sites (N-methyl/N-ethyl adjacent to an activating group) is 1. The van der Waals surface area contributed by atoms with Gasteiger partial charge in [0.15, 0.2) is 0 Å². The average Bonchev–Trinajstić information content (AvgIpc) is 3.32. The summed E-state index contributed by atoms with van der Waals surface area (Å²) < 4.78 is 0. The Bertz CT molecular complexity index is 867. The van der Waals surface area contributed by atoms with Crippen molar-refractivity contribution in [2.24, 2.45) is 10.9 Å². The number of aliphatic hydroxyl groups is 1. The van der Waals surface area contributed by atoms with Crippen molar-refractivity contribution < 1.29 is 9.90 Å². The van der Waals surface area contributed by atoms with E-state index in [0.29, 0.717) is 18.0 Å². The normalized spacial score (nSPS) is 20.7. The molecule has 1 aromatic carbocycles. The first-order valence-electron chi connectivity index (χ1n) is 10.1. The number of carbonyl (C=O) groups is 1. The molecule has 0 radical (unpaired) electrons. The molecule has 1 saturated heterocycles. The van der Waals surface area contributed by atoms with Crippen molar-refractivity contribution >= 4 is 22.9 Å². The van der Waals surface area contributed by atoms with Gasteiger partial charge in [-0.05, 0) is 36.9 Å². The topological polar surface area (TPSA) is 77.0 Å². The summed E-state index contributed by atoms with van der Waals surface area (Å²) in [6, 6.07) is 5.71. The minimum Gasteiger partial charge on any atom is -0.390 e. The van der Waals surface area contributed by atoms with Crippen molar-refractivity contribution in [3.05, 3.63) is 47.1 Å². The Morgan fingerprint density at radius 3 is 3.00 bits per heavy atom. The van der Waals surface area contributed by atoms with Gasteiger partial charge >= 0.3 is 0 Å². The number of hydrogen-bond donors (Lipinski definition) is 3. The van der Waals surface area contributed by atoms with Crippen molar-refractivity contribution in [2.45, 2.75) is 20.0 Å². The van der Waals surface area contributed by atoms with E-state index in [1.807, 2.05) is 18.2 Å². The Balaban J connectivity index is 1.46. The molecular formula is C22H28N4O2. The molecule has 6 heteroatoms. The van der Waals surface area contributed by atoms with E-state index in [0.717, 1.165) is 43.1 Å². The third-order valence-corrected chi connectivity index (χ3v) is 5.82. The number of rotatable bonds is 7. The van der Waals surface area contributed by atoms with E-state index < -0.39 is 6.10 Å². The van der Waals surface area contributed by atoms with Gasteiger partial charge in [-0.15, -0.1) is 0 Å². The summed E-state index contributed by atoms with van der Waals surface area (Å²) in [7, 11) is 0. The van der Waals surface area contributed by atoms with Gasteiger partial charge in [0.05, 0.1) is 17.5 Å². The number of aliphatic imine (C=N–C) groups is 1. The predicted octanol–water partition coefficient (Wildman–Crippen LogP) is 1.75. The Kier molecular flexibility index (Phi) is 5.44. The lowest BCUT2D eigenvalue weighted by Crippen LogP contribution is -2.40. The van der Waals surface area contributed by atoms with Crippen LogP contribution in [0.4, 0.5) is 5.69 Å². The third-order valence-electron chi connectivity index (χ3n) is 5.82. The zero-order chi connectivity index (χ0) is 19.7. The molecule has 2 atom stereocenters. The molecule has 28 heavy (non-hydrogen) atoms. The van der Waals surface area contributed by atoms with E-state index in [9.17, 15) is 9.90 Å². The highest BCUT2D eigenvalue weighted by molar-refractivity contribution is 6.35. The van der Waals surface area contributed by atoms with Crippen molar-refractivity contribution in [1.82, 2.24) is 15.5 Å². The molecule has 4 rings (SSSR count). The predicted molar refractivity (Wildman–Crippen MR) is 112 cm³/mol. The number of carbonyl (C=O) groups excluding carboxylic acids is 1. The Hall–Kier alpha value is -2.28. The second kappa shape index (κ2) is 7.99. The maximum atomic E-state index is 12.6. The molecule has 1 fully saturated rings. The van der Waals surface area contributed by atoms with Crippen LogP contribution in [0, 0.1) is 5.92 Å². The van der Waals surface area contributed by atoms with Gasteiger partial charge in [0.1, 0.15) is 0 Å². The zero-order valence-corrected chi connectivity index (χ0v) is 16.5. The van der Waals surface area contributed by atoms with Crippen molar-refractivity contribution in [2.75, 3.05) is 39.3 Å². The molecule has 0 spiro atoms. The fraction of sp³-hybridized carbons (Fsp3) is 0.455. The van der Waals surface area contributed by atoms with Crippen LogP contribution in [0.1, 0.15) is 29.8 Å². The number of nitrogens with one attached hydrogen (secondary N) is 2. The summed E-state index contributed by atoms with van der Waals surface area (Å²) in [6.45, 7) is 8.58. The number of allylic oxidation sites excluding steroid dienone is 2. The smallest absolute Gasteiger partial charge is 0.251 e. The summed E-state index contributed by atoms with van der Waals surface area (Å²) in [5.41, 5.74) is 6.17. The number of aliphatic hydroxyl groups excluding tert-OH is 1. The molecule has 3 aliphatic rings. The lowest BCUT2D eigenvalue weighted by Gasteiger charge is -2.22. The summed E-state index contributed by atoms with van der Waals surface area (Å²) in [4.78, 5) is 19.4. The van der Waals surface area contributed by atoms with E-state index >= 15 is 0 Å². The Labute approximate surface area is 166 Å². The summed E-state index contributed by atoms with van der Waals surface area (Å²) >= 11 is 0. The molecule has 2 unspecified atom stereocenters. The third kappa shape index (κ3) is 3.55. The molecular weight excluding hydrogens is 352 g/mol. The van der Waals surface area contributed by atoms with Gasteiger partial charge in [-0.25, -0.2) is 4.99 Å². The highest BCUT2D eigenvalue weighted by Crippen LogP contribution is 2.42. The second-order valence-electron chi connectivity index (χ2n) is 7.58. The van der Waals surface area contributed by atoms with Crippen LogP contribution in [0.15, 0.2) is 40.9 Å². The Morgan fingerprint density at radius 1 is 1.39 bits per heavy atom. The molecule has 0 bridgehead atoms. The van der Waals surface area contributed by atoms with Gasteiger partial charge in [0, 0.05) is 48.8 Å². The summed E-state index contributed by atoms with van der Waals surface area (Å²) in [6.07, 6.45) is 3.74. The van der Waals surface area contributed by atoms with Crippen molar-refractivity contribution in [3.63, 3.8) is 0 Å². The number of hydrogen-bond acceptors (Lipinski definition) is 5. The monoisotopic (exact) mass is 380 g/mol. The largest absolute Gasteiger partial charge is 0.390 e. The first-order chi connectivity index (χ1) is 13.6. The fourth-order valence-corrected chi connectivity index (χ4v) is 4.20. The first kappa shape index (κ1) is 19.1. The first-order valence-corrected chi connectivity index (χ1v) is 10.1. The molecule has 6 nitrogen and oxygen atoms in total. The molecule has 3 N–H and O–H groups in total. The lowest BCUT2D eigenvalue weighted by molar-refractivity contribution is 0.0869. The maximum Gasteiger partial charge on any atom is 0.251 e. The maximum absolute atomic E-state index is 12.6. The van der Waals surface area contributed by atoms with Gasteiger partial charge in [-0.3, -0.25) is 4.79 Å². The Morgan fingerprint density at radius 2 is 2.21 bits per heavy atom. The van der Waals surface area contributed by atoms with Gasteiger partial charge in [0.2, 0.25) is 0 Å². The highest BCUT2D eigenvalue weighted by Gasteiger charge is 2.31. The molecule has 1 amide bonds. The molecule has 148 valence electrons. The van der Waals surface area contributed by atoms with Crippen molar-refractivity contribution in [3.8, 4) is 0 Å². The van der Waals surface area contributed by atoms with Crippen LogP contribution in [0.5, 0.6) is 0 Å². The van der Waals surface area contributed by atoms with Crippen LogP contribution in [-0.2, 0) is 0 Å². The lowest BCUT2D eigenvalue weighted by atomic mass is 9.86. The zero-order valence-electron chi connectivity index (χ0n) is 16.5. The van der Waals surface area contributed by atoms with Crippen LogP contribution in [0.3, 0.4) is 0 Å². The standard InChI is InChI=1S/C22H28N4O2/c1-3-26(4-2)13-16(27)11-24-22(28)14-5-7-17-20(9-14)25-19-8-6-15-10-23-12-18(15)21(17)19/h5-9,15-16,23,27H,3-4,10-13H2,1-2H3,(H,24,28). The molecule has 2 heterocycles. The minimum absolute atomic E-state index is 0.176. The average molecular weight is 380 g/mol. The molecule has 0 saturated carbocycles. The summed E-state index contributed by atoms with van der Waals surface area (Å²) in [5.74, 6) is 0.278.